The van der Waals surface area contributed by atoms with Crippen molar-refractivity contribution in [1.82, 2.24) is 14.8 Å². The number of H-pyrrole nitrogens is 1. The number of thiophene rings is 1. The number of halogens is 1. The highest BCUT2D eigenvalue weighted by atomic mass is 35.5. The van der Waals surface area contributed by atoms with Crippen LogP contribution in [0.3, 0.4) is 0 Å². The molecule has 2 aliphatic rings. The first-order valence-corrected chi connectivity index (χ1v) is 8.32. The first-order valence-electron chi connectivity index (χ1n) is 7.06. The van der Waals surface area contributed by atoms with Gasteiger partial charge in [0.25, 0.3) is 5.56 Å². The summed E-state index contributed by atoms with van der Waals surface area (Å²) in [4.78, 5) is 17.0. The van der Waals surface area contributed by atoms with Gasteiger partial charge in [0.2, 0.25) is 0 Å². The average Bonchev–Trinajstić information content (AvgIpc) is 3.17. The number of hydrogen-bond acceptors (Lipinski definition) is 3. The van der Waals surface area contributed by atoms with Crippen molar-refractivity contribution >= 4 is 22.9 Å². The summed E-state index contributed by atoms with van der Waals surface area (Å²) in [5.74, 6) is 0. The zero-order valence-electron chi connectivity index (χ0n) is 12.2. The van der Waals surface area contributed by atoms with Crippen LogP contribution in [0.2, 0.25) is 5.02 Å². The number of pyridine rings is 1. The molecule has 0 radical (unpaired) electrons. The number of fused-ring (bicyclic) bond motifs is 1. The van der Waals surface area contributed by atoms with Gasteiger partial charge in [0.1, 0.15) is 5.69 Å². The van der Waals surface area contributed by atoms with Gasteiger partial charge in [-0.05, 0) is 42.6 Å². The lowest BCUT2D eigenvalue weighted by atomic mass is 10.1. The molecule has 0 spiro atoms. The first-order chi connectivity index (χ1) is 11.1. The normalized spacial score (nSPS) is 11.2. The topological polar surface area (TPSA) is 50.7 Å². The van der Waals surface area contributed by atoms with E-state index in [9.17, 15) is 4.79 Å². The van der Waals surface area contributed by atoms with Gasteiger partial charge >= 0.3 is 0 Å². The molecule has 0 unspecified atom stereocenters. The second-order valence-electron chi connectivity index (χ2n) is 5.22. The molecular formula is C17H12ClN3OS. The maximum atomic E-state index is 12.7. The third kappa shape index (κ3) is 2.29. The Hall–Kier alpha value is -2.37. The van der Waals surface area contributed by atoms with E-state index >= 15 is 0 Å². The van der Waals surface area contributed by atoms with Crippen LogP contribution < -0.4 is 5.56 Å². The van der Waals surface area contributed by atoms with E-state index in [1.54, 1.807) is 41.8 Å². The number of benzene rings is 1. The fourth-order valence-corrected chi connectivity index (χ4v) is 3.59. The molecule has 2 aliphatic heterocycles. The van der Waals surface area contributed by atoms with E-state index in [1.165, 1.54) is 4.68 Å². The molecule has 23 heavy (non-hydrogen) atoms. The second kappa shape index (κ2) is 5.37. The lowest BCUT2D eigenvalue weighted by molar-refractivity contribution is 0.858. The van der Waals surface area contributed by atoms with Crippen LogP contribution in [0.4, 0.5) is 0 Å². The van der Waals surface area contributed by atoms with Crippen LogP contribution >= 0.6 is 22.9 Å². The van der Waals surface area contributed by atoms with Gasteiger partial charge in [0.15, 0.2) is 0 Å². The summed E-state index contributed by atoms with van der Waals surface area (Å²) in [5, 5.41) is 7.22. The first kappa shape index (κ1) is 14.2. The van der Waals surface area contributed by atoms with E-state index in [0.29, 0.717) is 22.0 Å². The van der Waals surface area contributed by atoms with Crippen molar-refractivity contribution < 1.29 is 0 Å². The molecule has 0 saturated heterocycles. The SMILES string of the molecule is Cc1[nH]cc2c(=O)n(-c3ccc(Cl)cc3)nc-2c1-c1cccs1. The highest BCUT2D eigenvalue weighted by Gasteiger charge is 2.22. The Morgan fingerprint density at radius 1 is 1.22 bits per heavy atom. The van der Waals surface area contributed by atoms with Crippen molar-refractivity contribution in [3.05, 3.63) is 69.0 Å². The molecule has 0 bridgehead atoms. The highest BCUT2D eigenvalue weighted by Crippen LogP contribution is 2.35. The van der Waals surface area contributed by atoms with Crippen LogP contribution in [0.25, 0.3) is 27.4 Å². The molecule has 0 amide bonds. The molecule has 1 N–H and O–H groups in total. The fraction of sp³-hybridized carbons (Fsp3) is 0.0588. The molecule has 1 aromatic carbocycles. The van der Waals surface area contributed by atoms with Gasteiger partial charge in [0, 0.05) is 27.4 Å². The van der Waals surface area contributed by atoms with E-state index in [-0.39, 0.29) is 5.56 Å². The standard InChI is InChI=1S/C17H12ClN3OS/c1-10-15(14-3-2-8-23-14)16-13(9-19-10)17(22)21(20-16)12-6-4-11(18)5-7-12/h2-9,19H,1H3. The number of nitrogens with zero attached hydrogens (tertiary/aromatic N) is 2. The summed E-state index contributed by atoms with van der Waals surface area (Å²) < 4.78 is 1.42. The summed E-state index contributed by atoms with van der Waals surface area (Å²) in [7, 11) is 0. The summed E-state index contributed by atoms with van der Waals surface area (Å²) in [6, 6.07) is 11.1. The number of hydrogen-bond donors (Lipinski definition) is 1. The minimum atomic E-state index is -0.142. The molecule has 4 rings (SSSR count). The monoisotopic (exact) mass is 341 g/mol. The van der Waals surface area contributed by atoms with Gasteiger partial charge < -0.3 is 4.98 Å². The molecular weight excluding hydrogens is 330 g/mol. The minimum absolute atomic E-state index is 0.142. The second-order valence-corrected chi connectivity index (χ2v) is 6.61. The molecule has 4 nitrogen and oxygen atoms in total. The number of aryl methyl sites for hydroxylation is 1. The summed E-state index contributed by atoms with van der Waals surface area (Å²) in [5.41, 5.74) is 3.81. The van der Waals surface area contributed by atoms with Gasteiger partial charge in [-0.3, -0.25) is 4.79 Å². The molecule has 0 saturated carbocycles. The van der Waals surface area contributed by atoms with E-state index in [1.807, 2.05) is 24.4 Å². The van der Waals surface area contributed by atoms with Crippen molar-refractivity contribution in [1.29, 1.82) is 0 Å². The molecule has 0 fully saturated rings. The Bertz CT molecular complexity index is 1000. The smallest absolute Gasteiger partial charge is 0.282 e. The van der Waals surface area contributed by atoms with Crippen molar-refractivity contribution in [2.45, 2.75) is 6.92 Å². The van der Waals surface area contributed by atoms with Crippen LogP contribution in [-0.2, 0) is 0 Å². The van der Waals surface area contributed by atoms with Crippen molar-refractivity contribution in [2.75, 3.05) is 0 Å². The summed E-state index contributed by atoms with van der Waals surface area (Å²) >= 11 is 7.55. The summed E-state index contributed by atoms with van der Waals surface area (Å²) in [6.45, 7) is 1.99. The minimum Gasteiger partial charge on any atom is -0.364 e. The van der Waals surface area contributed by atoms with Crippen LogP contribution in [0.15, 0.2) is 52.8 Å². The number of aromatic nitrogens is 3. The lowest BCUT2D eigenvalue weighted by Crippen LogP contribution is -2.14. The third-order valence-electron chi connectivity index (χ3n) is 3.76. The van der Waals surface area contributed by atoms with Gasteiger partial charge in [-0.2, -0.15) is 9.78 Å². The maximum absolute atomic E-state index is 12.7. The lowest BCUT2D eigenvalue weighted by Gasteiger charge is -2.07. The Balaban J connectivity index is 2.00. The Morgan fingerprint density at radius 2 is 2.00 bits per heavy atom. The van der Waals surface area contributed by atoms with Crippen LogP contribution in [0, 0.1) is 6.92 Å². The predicted molar refractivity (Wildman–Crippen MR) is 93.9 cm³/mol. The van der Waals surface area contributed by atoms with Crippen LogP contribution in [-0.4, -0.2) is 14.8 Å². The quantitative estimate of drug-likeness (QED) is 0.589. The van der Waals surface area contributed by atoms with E-state index in [4.69, 9.17) is 11.6 Å². The molecule has 6 heteroatoms. The maximum Gasteiger partial charge on any atom is 0.282 e. The number of aromatic amines is 1. The predicted octanol–water partition coefficient (Wildman–Crippen LogP) is 4.36. The Labute approximate surface area is 141 Å². The van der Waals surface area contributed by atoms with Crippen LogP contribution in [0.5, 0.6) is 0 Å². The molecule has 114 valence electrons. The number of nitrogens with one attached hydrogen (secondary N) is 1. The highest BCUT2D eigenvalue weighted by molar-refractivity contribution is 7.13. The van der Waals surface area contributed by atoms with E-state index in [0.717, 1.165) is 16.1 Å². The van der Waals surface area contributed by atoms with Crippen molar-refractivity contribution in [2.24, 2.45) is 0 Å². The van der Waals surface area contributed by atoms with Crippen LogP contribution in [0.1, 0.15) is 5.69 Å². The summed E-state index contributed by atoms with van der Waals surface area (Å²) in [6.07, 6.45) is 1.73. The van der Waals surface area contributed by atoms with Gasteiger partial charge in [-0.15, -0.1) is 11.3 Å². The number of rotatable bonds is 2. The average molecular weight is 342 g/mol. The zero-order valence-corrected chi connectivity index (χ0v) is 13.8. The van der Waals surface area contributed by atoms with Gasteiger partial charge in [-0.25, -0.2) is 0 Å². The van der Waals surface area contributed by atoms with Gasteiger partial charge in [-0.1, -0.05) is 17.7 Å². The Morgan fingerprint density at radius 3 is 2.70 bits per heavy atom. The molecule has 2 aromatic rings. The van der Waals surface area contributed by atoms with E-state index < -0.39 is 0 Å². The molecule has 0 aliphatic carbocycles. The third-order valence-corrected chi connectivity index (χ3v) is 4.90. The zero-order chi connectivity index (χ0) is 16.0. The van der Waals surface area contributed by atoms with E-state index in [2.05, 4.69) is 10.1 Å². The molecule has 1 aromatic heterocycles. The van der Waals surface area contributed by atoms with Crippen molar-refractivity contribution in [3.8, 4) is 27.4 Å². The molecule has 3 heterocycles. The van der Waals surface area contributed by atoms with Gasteiger partial charge in [0.05, 0.1) is 11.3 Å². The van der Waals surface area contributed by atoms with Crippen molar-refractivity contribution in [3.63, 3.8) is 0 Å². The Kier molecular flexibility index (Phi) is 3.32. The largest absolute Gasteiger partial charge is 0.364 e. The fourth-order valence-electron chi connectivity index (χ4n) is 2.64. The molecule has 0 atom stereocenters.